The van der Waals surface area contributed by atoms with Gasteiger partial charge in [-0.3, -0.25) is 19.3 Å². The number of likely N-dealkylation sites (tertiary alicyclic amines) is 1. The molecule has 1 aliphatic heterocycles. The van der Waals surface area contributed by atoms with Gasteiger partial charge in [0.1, 0.15) is 0 Å². The lowest BCUT2D eigenvalue weighted by atomic mass is 10.2. The molecule has 1 amide bonds. The Balaban J connectivity index is 2.14. The molecule has 1 heterocycles. The number of aldehydes is 1. The van der Waals surface area contributed by atoms with Gasteiger partial charge in [0.15, 0.2) is 11.4 Å². The van der Waals surface area contributed by atoms with Gasteiger partial charge in [-0.1, -0.05) is 103 Å². The third kappa shape index (κ3) is 3.80. The van der Waals surface area contributed by atoms with Crippen LogP contribution in [0.2, 0.25) is 0 Å². The van der Waals surface area contributed by atoms with E-state index >= 15 is 0 Å². The van der Waals surface area contributed by atoms with Crippen LogP contribution in [0.3, 0.4) is 0 Å². The fraction of sp³-hybridized carbons (Fsp3) is 0.120. The van der Waals surface area contributed by atoms with E-state index in [1.807, 2.05) is 91.0 Å². The van der Waals surface area contributed by atoms with Crippen molar-refractivity contribution in [3.63, 3.8) is 0 Å². The summed E-state index contributed by atoms with van der Waals surface area (Å²) in [5.41, 5.74) is 0.436. The Labute approximate surface area is 186 Å². The van der Waals surface area contributed by atoms with Crippen molar-refractivity contribution in [2.75, 3.05) is 0 Å². The monoisotopic (exact) mass is 447 g/mol. The molecule has 4 rings (SSSR count). The molecule has 1 aliphatic rings. The number of nitrogens with zero attached hydrogens (tertiary/aromatic N) is 1. The summed E-state index contributed by atoms with van der Waals surface area (Å²) in [6, 6.07) is 29.7. The van der Waals surface area contributed by atoms with Crippen molar-refractivity contribution < 1.29 is 14.4 Å². The van der Waals surface area contributed by atoms with Gasteiger partial charge in [0.2, 0.25) is 5.91 Å². The third-order valence-corrected chi connectivity index (χ3v) is 10.5. The van der Waals surface area contributed by atoms with E-state index in [1.165, 1.54) is 6.92 Å². The average Bonchev–Trinajstić information content (AvgIpc) is 2.80. The fourth-order valence-corrected chi connectivity index (χ4v) is 9.35. The predicted octanol–water partition coefficient (Wildman–Crippen LogP) is 3.15. The highest BCUT2D eigenvalue weighted by molar-refractivity contribution is 8.14. The maximum atomic E-state index is 12.8. The van der Waals surface area contributed by atoms with Crippen LogP contribution in [-0.4, -0.2) is 33.0 Å². The summed E-state index contributed by atoms with van der Waals surface area (Å²) in [6.45, 7) is -1.19. The molecule has 31 heavy (non-hydrogen) atoms. The van der Waals surface area contributed by atoms with Crippen LogP contribution in [0.1, 0.15) is 13.3 Å². The molecule has 1 unspecified atom stereocenters. The van der Waals surface area contributed by atoms with Gasteiger partial charge < -0.3 is 0 Å². The zero-order valence-corrected chi connectivity index (χ0v) is 18.8. The second-order valence-electron chi connectivity index (χ2n) is 7.19. The van der Waals surface area contributed by atoms with Crippen molar-refractivity contribution >= 4 is 57.3 Å². The van der Waals surface area contributed by atoms with Gasteiger partial charge in [-0.2, -0.15) is 0 Å². The molecule has 3 aromatic rings. The van der Waals surface area contributed by atoms with Gasteiger partial charge >= 0.3 is 0 Å². The highest BCUT2D eigenvalue weighted by Crippen LogP contribution is 2.48. The summed E-state index contributed by atoms with van der Waals surface area (Å²) in [7, 11) is 0. The Bertz CT molecular complexity index is 1060. The smallest absolute Gasteiger partial charge is 0.231 e. The minimum Gasteiger partial charge on any atom is -0.296 e. The first-order valence-corrected chi connectivity index (χ1v) is 12.6. The summed E-state index contributed by atoms with van der Waals surface area (Å²) in [5.74, 6) is -0.131. The summed E-state index contributed by atoms with van der Waals surface area (Å²) in [6.07, 6.45) is 1.07. The average molecular weight is 447 g/mol. The van der Waals surface area contributed by atoms with Crippen LogP contribution >= 0.6 is 18.6 Å². The number of benzene rings is 3. The summed E-state index contributed by atoms with van der Waals surface area (Å²) in [4.78, 5) is 38.9. The number of β-lactam (4-membered cyclic amide) rings is 1. The zero-order chi connectivity index (χ0) is 21.8. The van der Waals surface area contributed by atoms with E-state index in [0.717, 1.165) is 34.0 Å². The van der Waals surface area contributed by atoms with Crippen LogP contribution in [-0.2, 0) is 14.4 Å². The second kappa shape index (κ2) is 9.09. The van der Waals surface area contributed by atoms with Crippen LogP contribution in [0.15, 0.2) is 91.0 Å². The largest absolute Gasteiger partial charge is 0.296 e. The van der Waals surface area contributed by atoms with Gasteiger partial charge in [0.25, 0.3) is 0 Å². The highest BCUT2D eigenvalue weighted by atomic mass is 32.2. The topological polar surface area (TPSA) is 54.5 Å². The molecule has 0 spiro atoms. The first-order valence-electron chi connectivity index (χ1n) is 9.97. The number of carbonyl (C=O) groups is 3. The maximum Gasteiger partial charge on any atom is 0.231 e. The summed E-state index contributed by atoms with van der Waals surface area (Å²) in [5, 5.41) is 2.53. The Hall–Kier alpha value is -2.88. The van der Waals surface area contributed by atoms with E-state index in [9.17, 15) is 14.4 Å². The first-order chi connectivity index (χ1) is 15.1. The second-order valence-corrected chi connectivity index (χ2v) is 11.9. The van der Waals surface area contributed by atoms with E-state index in [2.05, 4.69) is 0 Å². The minimum atomic E-state index is -2.67. The van der Waals surface area contributed by atoms with E-state index in [0.29, 0.717) is 5.42 Å². The lowest BCUT2D eigenvalue weighted by Crippen LogP contribution is -2.56. The molecule has 6 heteroatoms. The number of thioether (sulfide) groups is 1. The van der Waals surface area contributed by atoms with E-state index in [-0.39, 0.29) is 22.8 Å². The van der Waals surface area contributed by atoms with E-state index in [4.69, 9.17) is 0 Å². The van der Waals surface area contributed by atoms with Crippen molar-refractivity contribution in [3.05, 3.63) is 91.0 Å². The van der Waals surface area contributed by atoms with Gasteiger partial charge in [-0.05, 0) is 15.9 Å². The molecule has 4 nitrogen and oxygen atoms in total. The Morgan fingerprint density at radius 2 is 1.29 bits per heavy atom. The van der Waals surface area contributed by atoms with Crippen LogP contribution in [0.5, 0.6) is 0 Å². The molecule has 1 fully saturated rings. The maximum absolute atomic E-state index is 12.8. The molecule has 1 atom stereocenters. The highest BCUT2D eigenvalue weighted by Gasteiger charge is 2.44. The van der Waals surface area contributed by atoms with Crippen molar-refractivity contribution in [2.24, 2.45) is 0 Å². The van der Waals surface area contributed by atoms with E-state index < -0.39 is 6.89 Å². The van der Waals surface area contributed by atoms with Crippen molar-refractivity contribution in [2.45, 2.75) is 18.7 Å². The molecule has 0 N–H and O–H groups in total. The molecular formula is C25H22NO3PS. The fourth-order valence-electron chi connectivity index (χ4n) is 4.04. The zero-order valence-electron chi connectivity index (χ0n) is 17.0. The molecule has 156 valence electrons. The molecule has 0 saturated carbocycles. The Morgan fingerprint density at radius 1 is 0.871 bits per heavy atom. The molecule has 0 aromatic heterocycles. The van der Waals surface area contributed by atoms with Gasteiger partial charge in [0, 0.05) is 13.8 Å². The van der Waals surface area contributed by atoms with Crippen LogP contribution in [0.4, 0.5) is 0 Å². The molecule has 0 bridgehead atoms. The minimum absolute atomic E-state index is 0.0733. The van der Waals surface area contributed by atoms with Gasteiger partial charge in [-0.15, -0.1) is 0 Å². The van der Waals surface area contributed by atoms with Crippen molar-refractivity contribution in [1.82, 2.24) is 4.90 Å². The Kier molecular flexibility index (Phi) is 6.26. The predicted molar refractivity (Wildman–Crippen MR) is 130 cm³/mol. The molecular weight excluding hydrogens is 425 g/mol. The number of hydrogen-bond acceptors (Lipinski definition) is 4. The van der Waals surface area contributed by atoms with Crippen molar-refractivity contribution in [3.8, 4) is 0 Å². The third-order valence-electron chi connectivity index (χ3n) is 5.33. The molecule has 3 aromatic carbocycles. The van der Waals surface area contributed by atoms with Gasteiger partial charge in [-0.25, -0.2) is 0 Å². The first kappa shape index (κ1) is 21.4. The van der Waals surface area contributed by atoms with Crippen molar-refractivity contribution in [1.29, 1.82) is 0 Å². The normalized spacial score (nSPS) is 15.8. The number of hydrogen-bond donors (Lipinski definition) is 0. The Morgan fingerprint density at radius 3 is 1.61 bits per heavy atom. The van der Waals surface area contributed by atoms with Crippen LogP contribution in [0.25, 0.3) is 0 Å². The number of rotatable bonds is 6. The lowest BCUT2D eigenvalue weighted by Gasteiger charge is -2.43. The number of amides is 1. The van der Waals surface area contributed by atoms with Crippen LogP contribution < -0.4 is 15.9 Å². The standard InChI is InChI=1S/C25H22NO3PS/c1-19(28)31-25-17-23(29)26(25)24(18-27)30(20-11-5-2-6-12-20,21-13-7-3-8-14-21)22-15-9-4-10-16-22/h2-16,18,25H,17H2,1H3. The van der Waals surface area contributed by atoms with Gasteiger partial charge in [0.05, 0.1) is 17.2 Å². The molecule has 1 saturated heterocycles. The lowest BCUT2D eigenvalue weighted by molar-refractivity contribution is -0.136. The summed E-state index contributed by atoms with van der Waals surface area (Å²) >= 11 is 1.10. The SMILES string of the molecule is CC(=O)SC1CC(=O)N1C(C=O)=P(c1ccccc1)(c1ccccc1)c1ccccc1. The molecule has 0 radical (unpaired) electrons. The molecule has 0 aliphatic carbocycles. The quantitative estimate of drug-likeness (QED) is 0.331. The summed E-state index contributed by atoms with van der Waals surface area (Å²) < 4.78 is 0. The number of carbonyl (C=O) groups excluding carboxylic acids is 3. The van der Waals surface area contributed by atoms with Crippen LogP contribution in [0, 0.1) is 0 Å². The van der Waals surface area contributed by atoms with E-state index in [1.54, 1.807) is 4.90 Å².